The fourth-order valence-corrected chi connectivity index (χ4v) is 3.40. The number of benzene rings is 2. The Morgan fingerprint density at radius 2 is 1.67 bits per heavy atom. The third-order valence-corrected chi connectivity index (χ3v) is 4.92. The molecular weight excluding hydrogens is 382 g/mol. The summed E-state index contributed by atoms with van der Waals surface area (Å²) < 4.78 is 2.61. The van der Waals surface area contributed by atoms with Crippen molar-refractivity contribution in [1.82, 2.24) is 14.1 Å². The minimum Gasteiger partial charge on any atom is -0.378 e. The molecule has 0 unspecified atom stereocenters. The number of carbonyl (C=O) groups is 1. The van der Waals surface area contributed by atoms with E-state index in [1.54, 1.807) is 60.3 Å². The quantitative estimate of drug-likeness (QED) is 0.547. The van der Waals surface area contributed by atoms with Crippen molar-refractivity contribution < 1.29 is 4.79 Å². The van der Waals surface area contributed by atoms with Crippen molar-refractivity contribution in [2.24, 2.45) is 7.05 Å². The number of fused-ring (bicyclic) bond motifs is 1. The topological polar surface area (TPSA) is 92.1 Å². The molecule has 8 heteroatoms. The first-order chi connectivity index (χ1) is 14.4. The van der Waals surface area contributed by atoms with Crippen LogP contribution in [0.1, 0.15) is 10.4 Å². The average molecular weight is 403 g/mol. The van der Waals surface area contributed by atoms with Crippen LogP contribution in [-0.2, 0) is 7.05 Å². The van der Waals surface area contributed by atoms with E-state index in [4.69, 9.17) is 0 Å². The predicted molar refractivity (Wildman–Crippen MR) is 118 cm³/mol. The average Bonchev–Trinajstić information content (AvgIpc) is 3.05. The Morgan fingerprint density at radius 1 is 1.00 bits per heavy atom. The maximum Gasteiger partial charge on any atom is 0.333 e. The van der Waals surface area contributed by atoms with E-state index in [0.29, 0.717) is 11.4 Å². The maximum absolute atomic E-state index is 13.1. The van der Waals surface area contributed by atoms with Crippen LogP contribution >= 0.6 is 0 Å². The Kier molecular flexibility index (Phi) is 4.75. The van der Waals surface area contributed by atoms with Gasteiger partial charge >= 0.3 is 5.69 Å². The van der Waals surface area contributed by atoms with Crippen LogP contribution in [0.5, 0.6) is 0 Å². The minimum atomic E-state index is -0.603. The second kappa shape index (κ2) is 7.40. The van der Waals surface area contributed by atoms with E-state index in [1.807, 2.05) is 31.1 Å². The molecule has 0 bridgehead atoms. The normalized spacial score (nSPS) is 10.9. The third kappa shape index (κ3) is 3.28. The van der Waals surface area contributed by atoms with Crippen molar-refractivity contribution in [2.45, 2.75) is 0 Å². The molecule has 0 saturated heterocycles. The minimum absolute atomic E-state index is 0.210. The van der Waals surface area contributed by atoms with Crippen molar-refractivity contribution >= 4 is 28.3 Å². The van der Waals surface area contributed by atoms with E-state index in [9.17, 15) is 14.4 Å². The van der Waals surface area contributed by atoms with Crippen LogP contribution in [0.15, 0.2) is 70.4 Å². The summed E-state index contributed by atoms with van der Waals surface area (Å²) in [7, 11) is 5.53. The van der Waals surface area contributed by atoms with Gasteiger partial charge in [0, 0.05) is 38.7 Å². The van der Waals surface area contributed by atoms with Gasteiger partial charge < -0.3 is 19.8 Å². The fourth-order valence-electron chi connectivity index (χ4n) is 3.40. The fraction of sp³-hybridized carbons (Fsp3) is 0.136. The molecule has 2 aromatic carbocycles. The van der Waals surface area contributed by atoms with Gasteiger partial charge in [-0.05, 0) is 36.4 Å². The molecule has 30 heavy (non-hydrogen) atoms. The number of carbonyl (C=O) groups excluding carboxylic acids is 1. The number of para-hydroxylation sites is 1. The molecule has 0 fully saturated rings. The summed E-state index contributed by atoms with van der Waals surface area (Å²) in [6.07, 6.45) is 1.54. The van der Waals surface area contributed by atoms with E-state index in [0.717, 1.165) is 10.3 Å². The number of aryl methyl sites for hydroxylation is 1. The summed E-state index contributed by atoms with van der Waals surface area (Å²) in [6.45, 7) is 0. The van der Waals surface area contributed by atoms with Gasteiger partial charge in [-0.25, -0.2) is 9.36 Å². The van der Waals surface area contributed by atoms with Gasteiger partial charge in [0.25, 0.3) is 11.5 Å². The van der Waals surface area contributed by atoms with Gasteiger partial charge in [0.1, 0.15) is 5.52 Å². The largest absolute Gasteiger partial charge is 0.378 e. The number of nitrogens with one attached hydrogen (secondary N) is 2. The number of aromatic amines is 1. The second-order valence-electron chi connectivity index (χ2n) is 7.18. The number of anilines is 2. The molecule has 0 spiro atoms. The molecule has 8 nitrogen and oxygen atoms in total. The number of hydrogen-bond donors (Lipinski definition) is 2. The van der Waals surface area contributed by atoms with Crippen LogP contribution in [0.25, 0.3) is 16.7 Å². The highest BCUT2D eigenvalue weighted by atomic mass is 16.2. The van der Waals surface area contributed by atoms with Crippen LogP contribution < -0.4 is 21.5 Å². The summed E-state index contributed by atoms with van der Waals surface area (Å²) in [4.78, 5) is 43.2. The number of H-pyrrole nitrogens is 1. The molecular formula is C22H21N5O3. The lowest BCUT2D eigenvalue weighted by Crippen LogP contribution is -2.34. The van der Waals surface area contributed by atoms with Gasteiger partial charge in [-0.15, -0.1) is 0 Å². The van der Waals surface area contributed by atoms with Crippen LogP contribution in [0.3, 0.4) is 0 Å². The van der Waals surface area contributed by atoms with Gasteiger partial charge in [-0.3, -0.25) is 9.59 Å². The first-order valence-corrected chi connectivity index (χ1v) is 9.35. The SMILES string of the molecule is CN(C)c1ccc(NC(=O)c2cn(C)c3c(=O)n(-c4ccccc4)c(=O)[nH]c23)cc1. The standard InChI is InChI=1S/C22H21N5O3/c1-25(2)15-11-9-14(10-12-15)23-20(28)17-13-26(3)19-18(17)24-22(30)27(21(19)29)16-7-5-4-6-8-16/h4-13H,1-3H3,(H,23,28)(H,24,30). The molecule has 4 aromatic rings. The molecule has 0 aliphatic carbocycles. The number of rotatable bonds is 4. The molecule has 0 atom stereocenters. The highest BCUT2D eigenvalue weighted by molar-refractivity contribution is 6.11. The molecule has 0 aliphatic rings. The molecule has 2 N–H and O–H groups in total. The summed E-state index contributed by atoms with van der Waals surface area (Å²) in [5.74, 6) is -0.411. The van der Waals surface area contributed by atoms with E-state index in [2.05, 4.69) is 10.3 Å². The van der Waals surface area contributed by atoms with Crippen molar-refractivity contribution in [3.05, 3.63) is 87.2 Å². The maximum atomic E-state index is 13.1. The smallest absolute Gasteiger partial charge is 0.333 e. The first-order valence-electron chi connectivity index (χ1n) is 9.35. The Bertz CT molecular complexity index is 1350. The van der Waals surface area contributed by atoms with Crippen molar-refractivity contribution in [1.29, 1.82) is 0 Å². The van der Waals surface area contributed by atoms with Crippen LogP contribution in [0.2, 0.25) is 0 Å². The van der Waals surface area contributed by atoms with E-state index in [1.165, 1.54) is 0 Å². The van der Waals surface area contributed by atoms with Gasteiger partial charge in [0.15, 0.2) is 0 Å². The summed E-state index contributed by atoms with van der Waals surface area (Å²) in [5, 5.41) is 2.81. The molecule has 0 radical (unpaired) electrons. The van der Waals surface area contributed by atoms with Gasteiger partial charge in [-0.1, -0.05) is 18.2 Å². The monoisotopic (exact) mass is 403 g/mol. The van der Waals surface area contributed by atoms with E-state index in [-0.39, 0.29) is 16.6 Å². The number of amides is 1. The molecule has 4 rings (SSSR count). The van der Waals surface area contributed by atoms with Crippen LogP contribution in [0, 0.1) is 0 Å². The van der Waals surface area contributed by atoms with Gasteiger partial charge in [-0.2, -0.15) is 0 Å². The Labute approximate surface area is 172 Å². The van der Waals surface area contributed by atoms with Crippen molar-refractivity contribution in [2.75, 3.05) is 24.3 Å². The van der Waals surface area contributed by atoms with E-state index < -0.39 is 17.2 Å². The molecule has 1 amide bonds. The number of nitrogens with zero attached hydrogens (tertiary/aromatic N) is 3. The Hall–Kier alpha value is -4.07. The molecule has 0 aliphatic heterocycles. The highest BCUT2D eigenvalue weighted by Crippen LogP contribution is 2.19. The highest BCUT2D eigenvalue weighted by Gasteiger charge is 2.20. The molecule has 0 saturated carbocycles. The summed E-state index contributed by atoms with van der Waals surface area (Å²) in [6, 6.07) is 16.0. The summed E-state index contributed by atoms with van der Waals surface area (Å²) >= 11 is 0. The third-order valence-electron chi connectivity index (χ3n) is 4.92. The van der Waals surface area contributed by atoms with Crippen molar-refractivity contribution in [3.8, 4) is 5.69 Å². The lowest BCUT2D eigenvalue weighted by atomic mass is 10.2. The van der Waals surface area contributed by atoms with E-state index >= 15 is 0 Å². The second-order valence-corrected chi connectivity index (χ2v) is 7.18. The Morgan fingerprint density at radius 3 is 2.30 bits per heavy atom. The molecule has 2 heterocycles. The number of hydrogen-bond acceptors (Lipinski definition) is 4. The predicted octanol–water partition coefficient (Wildman–Crippen LogP) is 2.34. The lowest BCUT2D eigenvalue weighted by molar-refractivity contribution is 0.102. The van der Waals surface area contributed by atoms with Crippen LogP contribution in [0.4, 0.5) is 11.4 Å². The zero-order valence-corrected chi connectivity index (χ0v) is 16.8. The lowest BCUT2D eigenvalue weighted by Gasteiger charge is -2.13. The van der Waals surface area contributed by atoms with Gasteiger partial charge in [0.2, 0.25) is 0 Å². The first kappa shape index (κ1) is 19.3. The Balaban J connectivity index is 1.76. The number of aromatic nitrogens is 3. The van der Waals surface area contributed by atoms with Gasteiger partial charge in [0.05, 0.1) is 16.8 Å². The summed E-state index contributed by atoms with van der Waals surface area (Å²) in [5.41, 5.74) is 1.66. The van der Waals surface area contributed by atoms with Crippen LogP contribution in [-0.4, -0.2) is 34.1 Å². The molecule has 2 aromatic heterocycles. The van der Waals surface area contributed by atoms with Crippen molar-refractivity contribution in [3.63, 3.8) is 0 Å². The zero-order valence-electron chi connectivity index (χ0n) is 16.8. The zero-order chi connectivity index (χ0) is 21.4. The molecule has 152 valence electrons.